The molecule has 2 heteroatoms. The highest BCUT2D eigenvalue weighted by Gasteiger charge is 2.34. The fourth-order valence-electron chi connectivity index (χ4n) is 1.86. The Morgan fingerprint density at radius 1 is 1.56 bits per heavy atom. The second-order valence-corrected chi connectivity index (χ2v) is 2.97. The van der Waals surface area contributed by atoms with Gasteiger partial charge >= 0.3 is 0 Å². The van der Waals surface area contributed by atoms with Gasteiger partial charge in [0.2, 0.25) is 0 Å². The Labute approximate surface area is 55.8 Å². The standard InChI is InChI=1S/C7H13NO/c1-6-8-4-2-3-7(8)5-9-6/h6-7H,2-5H2,1H3/t6?,7-/m0/s1. The van der Waals surface area contributed by atoms with Crippen LogP contribution in [-0.2, 0) is 4.74 Å². The van der Waals surface area contributed by atoms with Crippen LogP contribution in [0.2, 0.25) is 0 Å². The van der Waals surface area contributed by atoms with E-state index >= 15 is 0 Å². The molecule has 9 heavy (non-hydrogen) atoms. The molecule has 0 aromatic rings. The molecular formula is C7H13NO. The van der Waals surface area contributed by atoms with Gasteiger partial charge in [0.1, 0.15) is 6.23 Å². The van der Waals surface area contributed by atoms with Gasteiger partial charge < -0.3 is 4.74 Å². The third kappa shape index (κ3) is 0.775. The fraction of sp³-hybridized carbons (Fsp3) is 1.00. The van der Waals surface area contributed by atoms with Crippen molar-refractivity contribution in [2.75, 3.05) is 13.2 Å². The van der Waals surface area contributed by atoms with Crippen LogP contribution in [0.25, 0.3) is 0 Å². The molecule has 0 radical (unpaired) electrons. The van der Waals surface area contributed by atoms with Gasteiger partial charge in [0, 0.05) is 12.6 Å². The number of rotatable bonds is 0. The Bertz CT molecular complexity index is 115. The van der Waals surface area contributed by atoms with Gasteiger partial charge in [0.15, 0.2) is 0 Å². The largest absolute Gasteiger partial charge is 0.362 e. The first-order valence-corrected chi connectivity index (χ1v) is 3.75. The third-order valence-corrected chi connectivity index (χ3v) is 2.42. The van der Waals surface area contributed by atoms with Crippen molar-refractivity contribution in [1.82, 2.24) is 4.90 Å². The summed E-state index contributed by atoms with van der Waals surface area (Å²) >= 11 is 0. The maximum absolute atomic E-state index is 5.45. The minimum absolute atomic E-state index is 0.400. The summed E-state index contributed by atoms with van der Waals surface area (Å²) < 4.78 is 5.45. The molecule has 0 spiro atoms. The van der Waals surface area contributed by atoms with Crippen LogP contribution in [0.4, 0.5) is 0 Å². The van der Waals surface area contributed by atoms with Crippen LogP contribution >= 0.6 is 0 Å². The molecule has 0 aliphatic carbocycles. The van der Waals surface area contributed by atoms with Gasteiger partial charge in [0.05, 0.1) is 6.61 Å². The molecule has 2 fully saturated rings. The minimum atomic E-state index is 0.400. The smallest absolute Gasteiger partial charge is 0.108 e. The van der Waals surface area contributed by atoms with Crippen molar-refractivity contribution >= 4 is 0 Å². The molecule has 2 rings (SSSR count). The van der Waals surface area contributed by atoms with Gasteiger partial charge in [-0.1, -0.05) is 0 Å². The summed E-state index contributed by atoms with van der Waals surface area (Å²) in [6.07, 6.45) is 3.13. The average Bonchev–Trinajstić information content (AvgIpc) is 2.35. The van der Waals surface area contributed by atoms with E-state index in [4.69, 9.17) is 4.74 Å². The summed E-state index contributed by atoms with van der Waals surface area (Å²) in [6.45, 7) is 4.37. The first-order valence-electron chi connectivity index (χ1n) is 3.75. The molecule has 2 nitrogen and oxygen atoms in total. The number of nitrogens with zero attached hydrogens (tertiary/aromatic N) is 1. The first kappa shape index (κ1) is 5.69. The molecule has 0 N–H and O–H groups in total. The molecule has 2 aliphatic rings. The molecule has 2 heterocycles. The third-order valence-electron chi connectivity index (χ3n) is 2.42. The SMILES string of the molecule is CC1OC[C@@H]2CCCN12. The van der Waals surface area contributed by atoms with Gasteiger partial charge in [-0.05, 0) is 19.8 Å². The van der Waals surface area contributed by atoms with Crippen LogP contribution in [0.1, 0.15) is 19.8 Å². The fourth-order valence-corrected chi connectivity index (χ4v) is 1.86. The second-order valence-electron chi connectivity index (χ2n) is 2.97. The lowest BCUT2D eigenvalue weighted by Crippen LogP contribution is -2.29. The average molecular weight is 127 g/mol. The van der Waals surface area contributed by atoms with Gasteiger partial charge in [-0.25, -0.2) is 0 Å². The number of ether oxygens (including phenoxy) is 1. The molecule has 2 aliphatic heterocycles. The monoisotopic (exact) mass is 127 g/mol. The number of hydrogen-bond donors (Lipinski definition) is 0. The normalized spacial score (nSPS) is 43.7. The van der Waals surface area contributed by atoms with E-state index in [0.717, 1.165) is 12.6 Å². The molecule has 52 valence electrons. The van der Waals surface area contributed by atoms with E-state index in [1.54, 1.807) is 0 Å². The van der Waals surface area contributed by atoms with Gasteiger partial charge in [0.25, 0.3) is 0 Å². The van der Waals surface area contributed by atoms with E-state index in [9.17, 15) is 0 Å². The minimum Gasteiger partial charge on any atom is -0.362 e. The zero-order valence-corrected chi connectivity index (χ0v) is 5.84. The second kappa shape index (κ2) is 1.96. The molecule has 0 bridgehead atoms. The van der Waals surface area contributed by atoms with Crippen LogP contribution in [-0.4, -0.2) is 30.3 Å². The number of fused-ring (bicyclic) bond motifs is 1. The summed E-state index contributed by atoms with van der Waals surface area (Å²) in [5.74, 6) is 0. The Hall–Kier alpha value is -0.0800. The highest BCUT2D eigenvalue weighted by molar-refractivity contribution is 4.84. The zero-order chi connectivity index (χ0) is 6.27. The van der Waals surface area contributed by atoms with E-state index in [1.807, 2.05) is 0 Å². The van der Waals surface area contributed by atoms with E-state index in [-0.39, 0.29) is 0 Å². The Balaban J connectivity index is 2.07. The van der Waals surface area contributed by atoms with Crippen molar-refractivity contribution in [3.8, 4) is 0 Å². The maximum Gasteiger partial charge on any atom is 0.108 e. The molecule has 0 amide bonds. The highest BCUT2D eigenvalue weighted by atomic mass is 16.5. The molecule has 2 atom stereocenters. The lowest BCUT2D eigenvalue weighted by molar-refractivity contribution is 0.0523. The summed E-state index contributed by atoms with van der Waals surface area (Å²) in [5, 5.41) is 0. The Morgan fingerprint density at radius 2 is 2.44 bits per heavy atom. The molecule has 0 aromatic heterocycles. The predicted octanol–water partition coefficient (Wildman–Crippen LogP) is 0.827. The van der Waals surface area contributed by atoms with E-state index in [2.05, 4.69) is 11.8 Å². The molecule has 0 aromatic carbocycles. The van der Waals surface area contributed by atoms with Crippen LogP contribution in [0, 0.1) is 0 Å². The summed E-state index contributed by atoms with van der Waals surface area (Å²) in [7, 11) is 0. The summed E-state index contributed by atoms with van der Waals surface area (Å²) in [6, 6.07) is 0.764. The lowest BCUT2D eigenvalue weighted by atomic mass is 10.2. The molecular weight excluding hydrogens is 114 g/mol. The van der Waals surface area contributed by atoms with Crippen LogP contribution in [0.15, 0.2) is 0 Å². The maximum atomic E-state index is 5.45. The van der Waals surface area contributed by atoms with E-state index in [1.165, 1.54) is 19.4 Å². The van der Waals surface area contributed by atoms with Crippen molar-refractivity contribution in [3.63, 3.8) is 0 Å². The lowest BCUT2D eigenvalue weighted by Gasteiger charge is -2.16. The van der Waals surface area contributed by atoms with Crippen molar-refractivity contribution in [2.45, 2.75) is 32.0 Å². The van der Waals surface area contributed by atoms with Gasteiger partial charge in [-0.3, -0.25) is 4.90 Å². The predicted molar refractivity (Wildman–Crippen MR) is 35.1 cm³/mol. The van der Waals surface area contributed by atoms with E-state index < -0.39 is 0 Å². The van der Waals surface area contributed by atoms with Gasteiger partial charge in [-0.15, -0.1) is 0 Å². The van der Waals surface area contributed by atoms with E-state index in [0.29, 0.717) is 6.23 Å². The zero-order valence-electron chi connectivity index (χ0n) is 5.84. The molecule has 2 saturated heterocycles. The van der Waals surface area contributed by atoms with Crippen molar-refractivity contribution < 1.29 is 4.74 Å². The molecule has 0 saturated carbocycles. The Morgan fingerprint density at radius 3 is 3.22 bits per heavy atom. The van der Waals surface area contributed by atoms with Crippen LogP contribution < -0.4 is 0 Å². The number of hydrogen-bond acceptors (Lipinski definition) is 2. The quantitative estimate of drug-likeness (QED) is 0.478. The first-order chi connectivity index (χ1) is 4.38. The van der Waals surface area contributed by atoms with Gasteiger partial charge in [-0.2, -0.15) is 0 Å². The van der Waals surface area contributed by atoms with Crippen LogP contribution in [0.3, 0.4) is 0 Å². The van der Waals surface area contributed by atoms with Crippen molar-refractivity contribution in [3.05, 3.63) is 0 Å². The van der Waals surface area contributed by atoms with Crippen LogP contribution in [0.5, 0.6) is 0 Å². The van der Waals surface area contributed by atoms with Crippen molar-refractivity contribution in [1.29, 1.82) is 0 Å². The Kier molecular flexibility index (Phi) is 1.24. The summed E-state index contributed by atoms with van der Waals surface area (Å²) in [4.78, 5) is 2.46. The topological polar surface area (TPSA) is 12.5 Å². The summed E-state index contributed by atoms with van der Waals surface area (Å²) in [5.41, 5.74) is 0. The highest BCUT2D eigenvalue weighted by Crippen LogP contribution is 2.26. The van der Waals surface area contributed by atoms with Crippen molar-refractivity contribution in [2.24, 2.45) is 0 Å². The molecule has 1 unspecified atom stereocenters.